The molecule has 1 heterocycles. The highest BCUT2D eigenvalue weighted by Crippen LogP contribution is 2.28. The number of nitrogens with one attached hydrogen (secondary N) is 1. The Labute approximate surface area is 221 Å². The Morgan fingerprint density at radius 1 is 0.757 bits per heavy atom. The van der Waals surface area contributed by atoms with Crippen LogP contribution >= 0.6 is 11.8 Å². The van der Waals surface area contributed by atoms with Crippen LogP contribution < -0.4 is 5.32 Å². The van der Waals surface area contributed by atoms with E-state index in [0.717, 1.165) is 5.75 Å². The molecule has 1 aliphatic rings. The number of amides is 1. The van der Waals surface area contributed by atoms with Gasteiger partial charge in [-0.15, -0.1) is 0 Å². The third-order valence-electron chi connectivity index (χ3n) is 4.76. The van der Waals surface area contributed by atoms with Gasteiger partial charge in [-0.2, -0.15) is 11.8 Å². The Kier molecular flexibility index (Phi) is 17.1. The van der Waals surface area contributed by atoms with Gasteiger partial charge in [0, 0.05) is 33.4 Å². The highest BCUT2D eigenvalue weighted by Gasteiger charge is 2.51. The first-order chi connectivity index (χ1) is 17.6. The molecule has 0 saturated carbocycles. The number of carbonyl (C=O) groups excluding carboxylic acids is 4. The van der Waals surface area contributed by atoms with E-state index >= 15 is 0 Å². The molecule has 1 unspecified atom stereocenters. The predicted molar refractivity (Wildman–Crippen MR) is 131 cm³/mol. The maximum absolute atomic E-state index is 11.9. The Morgan fingerprint density at radius 2 is 1.30 bits per heavy atom. The molecule has 1 rings (SSSR count). The van der Waals surface area contributed by atoms with E-state index in [9.17, 15) is 19.2 Å². The van der Waals surface area contributed by atoms with Crippen molar-refractivity contribution in [3.05, 3.63) is 0 Å². The highest BCUT2D eigenvalue weighted by atomic mass is 32.2. The fraction of sp³-hybridized carbons (Fsp3) is 0.826. The minimum absolute atomic E-state index is 0.0594. The number of rotatable bonds is 18. The van der Waals surface area contributed by atoms with Crippen molar-refractivity contribution in [2.75, 3.05) is 64.9 Å². The molecule has 37 heavy (non-hydrogen) atoms. The predicted octanol–water partition coefficient (Wildman–Crippen LogP) is 0.0719. The second-order valence-electron chi connectivity index (χ2n) is 7.92. The molecule has 5 atom stereocenters. The number of carbonyl (C=O) groups is 4. The second kappa shape index (κ2) is 19.2. The summed E-state index contributed by atoms with van der Waals surface area (Å²) in [6, 6.07) is -1.02. The first-order valence-electron chi connectivity index (χ1n) is 11.9. The molecule has 0 aromatic carbocycles. The number of thioether (sulfide) groups is 1. The highest BCUT2D eigenvalue weighted by molar-refractivity contribution is 7.98. The first kappa shape index (κ1) is 33.1. The summed E-state index contributed by atoms with van der Waals surface area (Å²) >= 11 is 1.71. The van der Waals surface area contributed by atoms with Gasteiger partial charge < -0.3 is 43.2 Å². The molecule has 1 amide bonds. The van der Waals surface area contributed by atoms with E-state index in [1.165, 1.54) is 27.7 Å². The molecule has 1 fully saturated rings. The summed E-state index contributed by atoms with van der Waals surface area (Å²) in [5.74, 6) is -1.46. The fourth-order valence-corrected chi connectivity index (χ4v) is 3.63. The zero-order chi connectivity index (χ0) is 27.6. The maximum atomic E-state index is 11.9. The average molecular weight is 554 g/mol. The molecule has 14 heteroatoms. The van der Waals surface area contributed by atoms with Crippen molar-refractivity contribution in [3.8, 4) is 0 Å². The molecule has 0 aromatic heterocycles. The van der Waals surface area contributed by atoms with Gasteiger partial charge >= 0.3 is 17.9 Å². The third kappa shape index (κ3) is 14.5. The summed E-state index contributed by atoms with van der Waals surface area (Å²) in [5.41, 5.74) is 0. The van der Waals surface area contributed by atoms with Crippen LogP contribution in [0, 0.1) is 0 Å². The molecule has 0 spiro atoms. The van der Waals surface area contributed by atoms with Crippen LogP contribution in [-0.4, -0.2) is 119 Å². The lowest BCUT2D eigenvalue weighted by Crippen LogP contribution is -2.66. The number of hydrogen-bond acceptors (Lipinski definition) is 13. The van der Waals surface area contributed by atoms with E-state index in [-0.39, 0.29) is 19.8 Å². The monoisotopic (exact) mass is 553 g/mol. The number of hydrogen-bond donors (Lipinski definition) is 1. The Balaban J connectivity index is 2.71. The van der Waals surface area contributed by atoms with Gasteiger partial charge in [0.1, 0.15) is 18.8 Å². The summed E-state index contributed by atoms with van der Waals surface area (Å²) in [4.78, 5) is 46.9. The van der Waals surface area contributed by atoms with Crippen LogP contribution in [0.3, 0.4) is 0 Å². The van der Waals surface area contributed by atoms with E-state index < -0.39 is 54.5 Å². The maximum Gasteiger partial charge on any atom is 0.303 e. The molecular formula is C23H39NO12S. The van der Waals surface area contributed by atoms with Gasteiger partial charge in [0.15, 0.2) is 18.5 Å². The van der Waals surface area contributed by atoms with Crippen LogP contribution in [0.15, 0.2) is 0 Å². The van der Waals surface area contributed by atoms with Crippen molar-refractivity contribution in [3.63, 3.8) is 0 Å². The van der Waals surface area contributed by atoms with Gasteiger partial charge in [-0.1, -0.05) is 0 Å². The van der Waals surface area contributed by atoms with Crippen molar-refractivity contribution in [2.45, 2.75) is 58.3 Å². The lowest BCUT2D eigenvalue weighted by atomic mass is 9.96. The van der Waals surface area contributed by atoms with Crippen molar-refractivity contribution < 1.29 is 57.1 Å². The minimum atomic E-state index is -1.17. The Hall–Kier alpha value is -1.97. The smallest absolute Gasteiger partial charge is 0.303 e. The largest absolute Gasteiger partial charge is 0.463 e. The normalized spacial score (nSPS) is 23.2. The summed E-state index contributed by atoms with van der Waals surface area (Å²) in [6.45, 7) is 7.13. The topological polar surface area (TPSA) is 154 Å². The molecule has 13 nitrogen and oxygen atoms in total. The van der Waals surface area contributed by atoms with Gasteiger partial charge in [-0.3, -0.25) is 19.2 Å². The van der Waals surface area contributed by atoms with Crippen LogP contribution in [0.5, 0.6) is 0 Å². The quantitative estimate of drug-likeness (QED) is 0.138. The molecular weight excluding hydrogens is 514 g/mol. The summed E-state index contributed by atoms with van der Waals surface area (Å²) in [7, 11) is 0. The van der Waals surface area contributed by atoms with Crippen LogP contribution in [0.25, 0.3) is 0 Å². The van der Waals surface area contributed by atoms with Crippen molar-refractivity contribution in [1.82, 2.24) is 5.32 Å². The van der Waals surface area contributed by atoms with Crippen molar-refractivity contribution in [2.24, 2.45) is 0 Å². The zero-order valence-electron chi connectivity index (χ0n) is 22.1. The number of esters is 3. The SMILES string of the molecule is CSCCOCCOCCOCCOC1O[C@H](COC(C)=O)[C@H](OC(C)=O)[C@H](OC(C)=O)[C@H]1NC(C)=O. The van der Waals surface area contributed by atoms with Gasteiger partial charge in [-0.25, -0.2) is 0 Å². The summed E-state index contributed by atoms with van der Waals surface area (Å²) < 4.78 is 43.8. The zero-order valence-corrected chi connectivity index (χ0v) is 22.9. The molecule has 0 radical (unpaired) electrons. The van der Waals surface area contributed by atoms with Crippen molar-refractivity contribution in [1.29, 1.82) is 0 Å². The molecule has 0 bridgehead atoms. The van der Waals surface area contributed by atoms with E-state index in [0.29, 0.717) is 33.0 Å². The lowest BCUT2D eigenvalue weighted by molar-refractivity contribution is -0.279. The Bertz CT molecular complexity index is 709. The van der Waals surface area contributed by atoms with Crippen LogP contribution in [0.4, 0.5) is 0 Å². The van der Waals surface area contributed by atoms with Crippen LogP contribution in [-0.2, 0) is 57.1 Å². The molecule has 214 valence electrons. The lowest BCUT2D eigenvalue weighted by Gasteiger charge is -2.44. The van der Waals surface area contributed by atoms with Gasteiger partial charge in [0.25, 0.3) is 0 Å². The minimum Gasteiger partial charge on any atom is -0.463 e. The summed E-state index contributed by atoms with van der Waals surface area (Å²) in [6.07, 6.45) is -2.48. The molecule has 1 aliphatic heterocycles. The molecule has 1 saturated heterocycles. The Morgan fingerprint density at radius 3 is 1.81 bits per heavy atom. The van der Waals surface area contributed by atoms with E-state index in [4.69, 9.17) is 37.9 Å². The van der Waals surface area contributed by atoms with Crippen LogP contribution in [0.1, 0.15) is 27.7 Å². The molecule has 1 N–H and O–H groups in total. The first-order valence-corrected chi connectivity index (χ1v) is 13.3. The molecule has 0 aromatic rings. The van der Waals surface area contributed by atoms with Crippen molar-refractivity contribution >= 4 is 35.6 Å². The molecule has 0 aliphatic carbocycles. The average Bonchev–Trinajstić information content (AvgIpc) is 2.81. The van der Waals surface area contributed by atoms with Gasteiger partial charge in [0.2, 0.25) is 5.91 Å². The summed E-state index contributed by atoms with van der Waals surface area (Å²) in [5, 5.41) is 2.63. The van der Waals surface area contributed by atoms with Gasteiger partial charge in [-0.05, 0) is 6.26 Å². The fourth-order valence-electron chi connectivity index (χ4n) is 3.34. The second-order valence-corrected chi connectivity index (χ2v) is 8.91. The van der Waals surface area contributed by atoms with E-state index in [1.807, 2.05) is 6.26 Å². The van der Waals surface area contributed by atoms with E-state index in [1.54, 1.807) is 11.8 Å². The van der Waals surface area contributed by atoms with E-state index in [2.05, 4.69) is 5.32 Å². The third-order valence-corrected chi connectivity index (χ3v) is 5.33. The number of ether oxygens (including phenoxy) is 8. The standard InChI is InChI=1S/C23H39NO12S/c1-15(25)24-20-22(35-18(4)28)21(34-17(3)27)19(14-33-16(2)26)36-23(20)32-11-10-30-7-6-29-8-9-31-12-13-37-5/h19-23H,6-14H2,1-5H3,(H,24,25)/t19-,20-,21+,22-,23?/m1/s1. The van der Waals surface area contributed by atoms with Crippen LogP contribution in [0.2, 0.25) is 0 Å². The van der Waals surface area contributed by atoms with Gasteiger partial charge in [0.05, 0.1) is 46.2 Å².